The summed E-state index contributed by atoms with van der Waals surface area (Å²) in [7, 11) is 0. The van der Waals surface area contributed by atoms with Gasteiger partial charge in [-0.3, -0.25) is 4.79 Å². The van der Waals surface area contributed by atoms with Crippen LogP contribution in [-0.2, 0) is 9.53 Å². The Labute approximate surface area is 111 Å². The number of hydrogen-bond acceptors (Lipinski definition) is 4. The molecule has 1 saturated heterocycles. The van der Waals surface area contributed by atoms with Crippen LogP contribution < -0.4 is 4.74 Å². The first-order valence-corrected chi connectivity index (χ1v) is 6.52. The van der Waals surface area contributed by atoms with Crippen molar-refractivity contribution in [2.45, 2.75) is 31.8 Å². The number of aliphatic hydroxyl groups is 1. The van der Waals surface area contributed by atoms with E-state index in [0.29, 0.717) is 13.2 Å². The van der Waals surface area contributed by atoms with Crippen LogP contribution in [0.15, 0.2) is 24.3 Å². The van der Waals surface area contributed by atoms with Gasteiger partial charge in [-0.1, -0.05) is 18.2 Å². The molecule has 1 aromatic rings. The van der Waals surface area contributed by atoms with Crippen molar-refractivity contribution >= 4 is 5.91 Å². The third-order valence-corrected chi connectivity index (χ3v) is 3.61. The van der Waals surface area contributed by atoms with Crippen LogP contribution in [0.2, 0.25) is 0 Å². The number of fused-ring (bicyclic) bond motifs is 1. The lowest BCUT2D eigenvalue weighted by atomic mass is 9.98. The summed E-state index contributed by atoms with van der Waals surface area (Å²) in [6.45, 7) is 2.93. The molecule has 3 unspecified atom stereocenters. The molecule has 5 heteroatoms. The maximum atomic E-state index is 12.1. The number of amides is 1. The van der Waals surface area contributed by atoms with Crippen LogP contribution in [0.1, 0.15) is 24.9 Å². The number of hydrogen-bond donors (Lipinski definition) is 1. The van der Waals surface area contributed by atoms with Gasteiger partial charge in [-0.25, -0.2) is 0 Å². The van der Waals surface area contributed by atoms with Crippen LogP contribution in [0.3, 0.4) is 0 Å². The highest BCUT2D eigenvalue weighted by molar-refractivity contribution is 5.80. The monoisotopic (exact) mass is 263 g/mol. The zero-order valence-electron chi connectivity index (χ0n) is 10.8. The van der Waals surface area contributed by atoms with Crippen LogP contribution >= 0.6 is 0 Å². The molecule has 3 rings (SSSR count). The summed E-state index contributed by atoms with van der Waals surface area (Å²) in [5.41, 5.74) is 1.00. The van der Waals surface area contributed by atoms with E-state index in [9.17, 15) is 9.90 Å². The molecule has 0 aromatic heterocycles. The summed E-state index contributed by atoms with van der Waals surface area (Å²) in [5, 5.41) is 9.65. The summed E-state index contributed by atoms with van der Waals surface area (Å²) in [6.07, 6.45) is -0.774. The van der Waals surface area contributed by atoms with Gasteiger partial charge in [-0.05, 0) is 13.0 Å². The van der Waals surface area contributed by atoms with E-state index in [-0.39, 0.29) is 18.1 Å². The van der Waals surface area contributed by atoms with Gasteiger partial charge in [-0.15, -0.1) is 0 Å². The number of aliphatic hydroxyl groups excluding tert-OH is 1. The van der Waals surface area contributed by atoms with E-state index in [0.717, 1.165) is 17.7 Å². The van der Waals surface area contributed by atoms with Crippen molar-refractivity contribution in [3.8, 4) is 5.75 Å². The zero-order valence-corrected chi connectivity index (χ0v) is 10.8. The molecule has 1 aromatic carbocycles. The summed E-state index contributed by atoms with van der Waals surface area (Å²) >= 11 is 0. The van der Waals surface area contributed by atoms with Gasteiger partial charge in [0.2, 0.25) is 6.29 Å². The Morgan fingerprint density at radius 2 is 2.16 bits per heavy atom. The van der Waals surface area contributed by atoms with Crippen molar-refractivity contribution in [2.24, 2.45) is 0 Å². The standard InChI is InChI=1S/C14H17NO4/c1-9-8-15(13(16)14(17)19-9)11-6-7-18-12-5-3-2-4-10(11)12/h2-5,9,11,14,17H,6-8H2,1H3. The average molecular weight is 263 g/mol. The number of ether oxygens (including phenoxy) is 2. The third kappa shape index (κ3) is 2.19. The Kier molecular flexibility index (Phi) is 3.16. The smallest absolute Gasteiger partial charge is 0.279 e. The van der Waals surface area contributed by atoms with Crippen molar-refractivity contribution < 1.29 is 19.4 Å². The van der Waals surface area contributed by atoms with E-state index in [1.165, 1.54) is 0 Å². The maximum Gasteiger partial charge on any atom is 0.279 e. The van der Waals surface area contributed by atoms with Crippen LogP contribution in [0.4, 0.5) is 0 Å². The predicted octanol–water partition coefficient (Wildman–Crippen LogP) is 1.08. The molecule has 2 aliphatic rings. The highest BCUT2D eigenvalue weighted by atomic mass is 16.6. The topological polar surface area (TPSA) is 59.0 Å². The van der Waals surface area contributed by atoms with Gasteiger partial charge in [0.05, 0.1) is 18.8 Å². The lowest BCUT2D eigenvalue weighted by Gasteiger charge is -2.41. The van der Waals surface area contributed by atoms with E-state index in [4.69, 9.17) is 9.47 Å². The van der Waals surface area contributed by atoms with Crippen molar-refractivity contribution in [1.82, 2.24) is 4.90 Å². The molecule has 102 valence electrons. The summed E-state index contributed by atoms with van der Waals surface area (Å²) < 4.78 is 10.7. The number of rotatable bonds is 1. The van der Waals surface area contributed by atoms with Crippen LogP contribution in [0.5, 0.6) is 5.75 Å². The molecule has 0 aliphatic carbocycles. The molecule has 1 amide bonds. The molecule has 5 nitrogen and oxygen atoms in total. The van der Waals surface area contributed by atoms with Crippen molar-refractivity contribution in [3.63, 3.8) is 0 Å². The van der Waals surface area contributed by atoms with Gasteiger partial charge in [0.1, 0.15) is 5.75 Å². The Hall–Kier alpha value is -1.59. The highest BCUT2D eigenvalue weighted by Gasteiger charge is 2.38. The first kappa shape index (κ1) is 12.4. The van der Waals surface area contributed by atoms with Gasteiger partial charge in [-0.2, -0.15) is 0 Å². The Morgan fingerprint density at radius 3 is 3.00 bits per heavy atom. The molecule has 2 heterocycles. The quantitative estimate of drug-likeness (QED) is 0.823. The fourth-order valence-electron chi connectivity index (χ4n) is 2.76. The third-order valence-electron chi connectivity index (χ3n) is 3.61. The normalized spacial score (nSPS) is 30.7. The van der Waals surface area contributed by atoms with Gasteiger partial charge in [0, 0.05) is 18.5 Å². The predicted molar refractivity (Wildman–Crippen MR) is 67.6 cm³/mol. The fraction of sp³-hybridized carbons (Fsp3) is 0.500. The molecule has 0 saturated carbocycles. The largest absolute Gasteiger partial charge is 0.493 e. The van der Waals surface area contributed by atoms with Crippen LogP contribution in [-0.4, -0.2) is 41.5 Å². The van der Waals surface area contributed by atoms with Gasteiger partial charge in [0.25, 0.3) is 5.91 Å². The summed E-state index contributed by atoms with van der Waals surface area (Å²) in [6, 6.07) is 7.69. The van der Waals surface area contributed by atoms with Crippen LogP contribution in [0.25, 0.3) is 0 Å². The second-order valence-electron chi connectivity index (χ2n) is 4.98. The second-order valence-corrected chi connectivity index (χ2v) is 4.98. The Morgan fingerprint density at radius 1 is 1.37 bits per heavy atom. The minimum absolute atomic E-state index is 0.0431. The first-order chi connectivity index (χ1) is 9.16. The van der Waals surface area contributed by atoms with E-state index in [1.54, 1.807) is 4.90 Å². The van der Waals surface area contributed by atoms with Crippen LogP contribution in [0, 0.1) is 0 Å². The minimum atomic E-state index is -1.35. The number of morpholine rings is 1. The molecule has 0 bridgehead atoms. The van der Waals surface area contributed by atoms with Gasteiger partial charge >= 0.3 is 0 Å². The molecular formula is C14H17NO4. The van der Waals surface area contributed by atoms with Crippen molar-refractivity contribution in [1.29, 1.82) is 0 Å². The Bertz CT molecular complexity index is 490. The van der Waals surface area contributed by atoms with Crippen molar-refractivity contribution in [3.05, 3.63) is 29.8 Å². The SMILES string of the molecule is CC1CN(C2CCOc3ccccc32)C(=O)C(O)O1. The number of para-hydroxylation sites is 1. The van der Waals surface area contributed by atoms with Gasteiger partial charge in [0.15, 0.2) is 0 Å². The molecule has 1 N–H and O–H groups in total. The average Bonchev–Trinajstić information content (AvgIpc) is 2.42. The molecule has 3 atom stereocenters. The zero-order chi connectivity index (χ0) is 13.4. The minimum Gasteiger partial charge on any atom is -0.493 e. The molecular weight excluding hydrogens is 246 g/mol. The van der Waals surface area contributed by atoms with Gasteiger partial charge < -0.3 is 19.5 Å². The highest BCUT2D eigenvalue weighted by Crippen LogP contribution is 2.37. The van der Waals surface area contributed by atoms with Crippen molar-refractivity contribution in [2.75, 3.05) is 13.2 Å². The summed E-state index contributed by atoms with van der Waals surface area (Å²) in [5.74, 6) is 0.458. The molecule has 1 fully saturated rings. The molecule has 0 spiro atoms. The van der Waals surface area contributed by atoms with E-state index < -0.39 is 6.29 Å². The fourth-order valence-corrected chi connectivity index (χ4v) is 2.76. The molecule has 2 aliphatic heterocycles. The number of carbonyl (C=O) groups excluding carboxylic acids is 1. The first-order valence-electron chi connectivity index (χ1n) is 6.52. The lowest BCUT2D eigenvalue weighted by Crippen LogP contribution is -2.52. The lowest BCUT2D eigenvalue weighted by molar-refractivity contribution is -0.201. The second kappa shape index (κ2) is 4.83. The maximum absolute atomic E-state index is 12.1. The Balaban J connectivity index is 1.92. The van der Waals surface area contributed by atoms with E-state index >= 15 is 0 Å². The molecule has 0 radical (unpaired) electrons. The number of carbonyl (C=O) groups is 1. The molecule has 19 heavy (non-hydrogen) atoms. The van der Waals surface area contributed by atoms with E-state index in [2.05, 4.69) is 0 Å². The summed E-state index contributed by atoms with van der Waals surface area (Å²) in [4.78, 5) is 13.8. The number of nitrogens with zero attached hydrogens (tertiary/aromatic N) is 1. The number of benzene rings is 1. The van der Waals surface area contributed by atoms with E-state index in [1.807, 2.05) is 31.2 Å².